The molecule has 0 spiro atoms. The predicted octanol–water partition coefficient (Wildman–Crippen LogP) is 4.59. The van der Waals surface area contributed by atoms with Crippen molar-refractivity contribution in [3.63, 3.8) is 0 Å². The summed E-state index contributed by atoms with van der Waals surface area (Å²) >= 11 is 2.19. The van der Waals surface area contributed by atoms with Crippen molar-refractivity contribution < 1.29 is 17.2 Å². The summed E-state index contributed by atoms with van der Waals surface area (Å²) in [5, 5.41) is 0. The first-order valence-corrected chi connectivity index (χ1v) is 5.09. The molecule has 2 rings (SSSR count). The molecule has 1 aliphatic rings. The Morgan fingerprint density at radius 1 is 1.19 bits per heavy atom. The van der Waals surface area contributed by atoms with Crippen LogP contribution >= 0.6 is 24.8 Å². The molecule has 0 aromatic heterocycles. The van der Waals surface area contributed by atoms with Gasteiger partial charge in [0.1, 0.15) is 0 Å². The maximum atomic E-state index is 3.91. The Hall–Kier alpha value is -0.336. The van der Waals surface area contributed by atoms with Crippen LogP contribution in [-0.4, -0.2) is 0 Å². The van der Waals surface area contributed by atoms with Gasteiger partial charge in [-0.15, -0.1) is 31.2 Å². The van der Waals surface area contributed by atoms with Crippen LogP contribution in [0, 0.1) is 6.08 Å². The van der Waals surface area contributed by atoms with E-state index in [0.29, 0.717) is 0 Å². The summed E-state index contributed by atoms with van der Waals surface area (Å²) in [6, 6.07) is 9.82. The van der Waals surface area contributed by atoms with Gasteiger partial charge in [0.2, 0.25) is 0 Å². The van der Waals surface area contributed by atoms with E-state index in [9.17, 15) is 0 Å². The van der Waals surface area contributed by atoms with Gasteiger partial charge in [0, 0.05) is 0 Å². The van der Waals surface area contributed by atoms with Crippen LogP contribution in [0.5, 0.6) is 0 Å². The van der Waals surface area contributed by atoms with Crippen LogP contribution in [-0.2, 0) is 17.2 Å². The van der Waals surface area contributed by atoms with Crippen LogP contribution in [0.4, 0.5) is 5.69 Å². The first kappa shape index (κ1) is 18.0. The third-order valence-electron chi connectivity index (χ3n) is 1.74. The quantitative estimate of drug-likeness (QED) is 0.672. The molecule has 0 amide bonds. The number of rotatable bonds is 1. The van der Waals surface area contributed by atoms with Crippen LogP contribution in [0.1, 0.15) is 13.3 Å². The molecule has 16 heavy (non-hydrogen) atoms. The second-order valence-corrected chi connectivity index (χ2v) is 3.21. The van der Waals surface area contributed by atoms with Crippen molar-refractivity contribution in [1.82, 2.24) is 0 Å². The average Bonchev–Trinajstić information content (AvgIpc) is 2.71. The molecule has 87 valence electrons. The van der Waals surface area contributed by atoms with Gasteiger partial charge in [0.05, 0.1) is 0 Å². The van der Waals surface area contributed by atoms with Gasteiger partial charge < -0.3 is 0 Å². The summed E-state index contributed by atoms with van der Waals surface area (Å²) in [6.07, 6.45) is 8.33. The van der Waals surface area contributed by atoms with Gasteiger partial charge in [0.15, 0.2) is 0 Å². The summed E-state index contributed by atoms with van der Waals surface area (Å²) in [5.74, 6) is 0. The summed E-state index contributed by atoms with van der Waals surface area (Å²) in [7, 11) is 0. The van der Waals surface area contributed by atoms with Crippen LogP contribution in [0.15, 0.2) is 51.8 Å². The predicted molar refractivity (Wildman–Crippen MR) is 69.2 cm³/mol. The minimum absolute atomic E-state index is 0. The summed E-state index contributed by atoms with van der Waals surface area (Å²) in [6.45, 7) is 2.06. The molecule has 1 nitrogen and oxygen atoms in total. The summed E-state index contributed by atoms with van der Waals surface area (Å²) in [5.41, 5.74) is 2.28. The normalized spacial score (nSPS) is 11.1. The van der Waals surface area contributed by atoms with E-state index in [1.807, 2.05) is 30.3 Å². The molecule has 0 saturated carbocycles. The van der Waals surface area contributed by atoms with Crippen molar-refractivity contribution in [2.24, 2.45) is 3.79 Å². The van der Waals surface area contributed by atoms with E-state index in [-0.39, 0.29) is 24.8 Å². The molecule has 0 aliphatic heterocycles. The zero-order valence-corrected chi connectivity index (χ0v) is 12.0. The molecule has 1 aliphatic carbocycles. The molecular weight excluding hydrogens is 280 g/mol. The third kappa shape index (κ3) is 7.89. The average molecular weight is 294 g/mol. The first-order valence-electron chi connectivity index (χ1n) is 4.47. The Bertz CT molecular complexity index is 345. The molecule has 0 fully saturated rings. The van der Waals surface area contributed by atoms with Crippen LogP contribution in [0.2, 0.25) is 0 Å². The molecular formula is C12H14Cl2NV-. The number of benzene rings is 1. The number of halogens is 2. The van der Waals surface area contributed by atoms with Gasteiger partial charge >= 0.3 is 57.0 Å². The molecule has 4 heteroatoms. The number of allylic oxidation sites excluding steroid dienone is 4. The summed E-state index contributed by atoms with van der Waals surface area (Å²) in [4.78, 5) is 0. The van der Waals surface area contributed by atoms with Crippen molar-refractivity contribution >= 4 is 30.5 Å². The molecule has 0 radical (unpaired) electrons. The fourth-order valence-corrected chi connectivity index (χ4v) is 1.22. The van der Waals surface area contributed by atoms with Gasteiger partial charge in [0.25, 0.3) is 0 Å². The van der Waals surface area contributed by atoms with Crippen LogP contribution < -0.4 is 0 Å². The van der Waals surface area contributed by atoms with E-state index in [0.717, 1.165) is 12.1 Å². The fourth-order valence-electron chi connectivity index (χ4n) is 1.01. The Kier molecular flexibility index (Phi) is 12.6. The van der Waals surface area contributed by atoms with E-state index in [4.69, 9.17) is 0 Å². The van der Waals surface area contributed by atoms with Gasteiger partial charge in [-0.2, -0.15) is 6.08 Å². The van der Waals surface area contributed by atoms with E-state index in [2.05, 4.69) is 46.2 Å². The molecule has 0 saturated heterocycles. The van der Waals surface area contributed by atoms with Crippen molar-refractivity contribution in [1.29, 1.82) is 0 Å². The van der Waals surface area contributed by atoms with Gasteiger partial charge in [-0.05, 0) is 0 Å². The number of nitrogens with zero attached hydrogens (tertiary/aromatic N) is 1. The zero-order valence-electron chi connectivity index (χ0n) is 8.96. The molecule has 1 aromatic rings. The summed E-state index contributed by atoms with van der Waals surface area (Å²) < 4.78 is 3.91. The number of hydrogen-bond acceptors (Lipinski definition) is 1. The van der Waals surface area contributed by atoms with Crippen molar-refractivity contribution in [2.45, 2.75) is 13.3 Å². The third-order valence-corrected chi connectivity index (χ3v) is 2.10. The van der Waals surface area contributed by atoms with E-state index in [1.165, 1.54) is 5.57 Å². The van der Waals surface area contributed by atoms with Crippen LogP contribution in [0.25, 0.3) is 0 Å². The monoisotopic (exact) mass is 293 g/mol. The second-order valence-electron chi connectivity index (χ2n) is 2.90. The van der Waals surface area contributed by atoms with Crippen molar-refractivity contribution in [2.75, 3.05) is 0 Å². The Balaban J connectivity index is 0. The van der Waals surface area contributed by atoms with E-state index in [1.54, 1.807) is 0 Å². The van der Waals surface area contributed by atoms with Gasteiger partial charge in [-0.1, -0.05) is 6.92 Å². The Morgan fingerprint density at radius 2 is 1.81 bits per heavy atom. The Labute approximate surface area is 119 Å². The topological polar surface area (TPSA) is 12.4 Å². The molecule has 0 heterocycles. The standard InChI is InChI=1S/C6H5N.C6H7.2ClH.V/c7-6-4-2-1-3-5-6;1-6-4-2-3-5-6;;;/h1-5H;2,4H,3H2,1H3;2*1H;/q;-1;;;. The number of hydrogen-bond donors (Lipinski definition) is 0. The molecule has 0 atom stereocenters. The Morgan fingerprint density at radius 3 is 2.06 bits per heavy atom. The van der Waals surface area contributed by atoms with Crippen molar-refractivity contribution in [3.05, 3.63) is 54.1 Å². The van der Waals surface area contributed by atoms with E-state index < -0.39 is 0 Å². The molecule has 0 N–H and O–H groups in total. The molecule has 0 bridgehead atoms. The zero-order chi connectivity index (χ0) is 10.2. The maximum absolute atomic E-state index is 3.91. The minimum atomic E-state index is 0. The molecule has 0 unspecified atom stereocenters. The SMILES string of the molecule is CC1=[C-]CC=C1.Cl.Cl.[V]=[N]c1ccccc1. The van der Waals surface area contributed by atoms with E-state index >= 15 is 0 Å². The fraction of sp³-hybridized carbons (Fsp3) is 0.167. The molecule has 1 aromatic carbocycles. The first-order chi connectivity index (χ1) is 6.83. The van der Waals surface area contributed by atoms with Crippen molar-refractivity contribution in [3.8, 4) is 0 Å². The van der Waals surface area contributed by atoms with Gasteiger partial charge in [-0.25, -0.2) is 11.6 Å². The van der Waals surface area contributed by atoms with Crippen LogP contribution in [0.3, 0.4) is 0 Å². The van der Waals surface area contributed by atoms with Gasteiger partial charge in [-0.3, -0.25) is 6.08 Å². The second kappa shape index (κ2) is 11.2.